The highest BCUT2D eigenvalue weighted by atomic mass is 16.5. The number of nitrogens with zero attached hydrogens (tertiary/aromatic N) is 2. The number of aromatic nitrogens is 2. The fourth-order valence-corrected chi connectivity index (χ4v) is 2.76. The molecule has 3 rings (SSSR count). The summed E-state index contributed by atoms with van der Waals surface area (Å²) in [4.78, 5) is 16.9. The normalized spacial score (nSPS) is 11.7. The quantitative estimate of drug-likeness (QED) is 0.699. The van der Waals surface area contributed by atoms with Gasteiger partial charge in [-0.25, -0.2) is 4.98 Å². The van der Waals surface area contributed by atoms with Gasteiger partial charge in [0.1, 0.15) is 23.4 Å². The Hall–Kier alpha value is -3.28. The molecule has 0 aliphatic heterocycles. The zero-order valence-electron chi connectivity index (χ0n) is 15.7. The number of aryl methyl sites for hydroxylation is 2. The minimum Gasteiger partial charge on any atom is -0.497 e. The average molecular weight is 365 g/mol. The molecule has 3 aromatic rings. The Balaban J connectivity index is 1.75. The maximum Gasteiger partial charge on any atom is 0.258 e. The number of carbonyl (C=O) groups excluding carboxylic acids is 1. The number of ether oxygens (including phenoxy) is 2. The Morgan fingerprint density at radius 2 is 1.96 bits per heavy atom. The molecule has 1 unspecified atom stereocenters. The maximum atomic E-state index is 12.5. The fourth-order valence-electron chi connectivity index (χ4n) is 2.76. The number of imidazole rings is 1. The van der Waals surface area contributed by atoms with E-state index in [1.807, 2.05) is 73.3 Å². The van der Waals surface area contributed by atoms with Crippen molar-refractivity contribution in [3.63, 3.8) is 0 Å². The zero-order chi connectivity index (χ0) is 19.2. The van der Waals surface area contributed by atoms with Crippen molar-refractivity contribution in [1.29, 1.82) is 0 Å². The molecule has 1 heterocycles. The summed E-state index contributed by atoms with van der Waals surface area (Å²) in [6.45, 7) is 1.93. The Morgan fingerprint density at radius 3 is 2.63 bits per heavy atom. The SMILES string of the molecule is COc1cccc(C(NC(=O)COc2ccc(C)cc2)c2nccn2C)c1. The summed E-state index contributed by atoms with van der Waals surface area (Å²) >= 11 is 0. The molecule has 1 N–H and O–H groups in total. The highest BCUT2D eigenvalue weighted by Gasteiger charge is 2.21. The molecule has 0 aliphatic rings. The van der Waals surface area contributed by atoms with Crippen molar-refractivity contribution in [2.24, 2.45) is 7.05 Å². The molecule has 0 bridgehead atoms. The van der Waals surface area contributed by atoms with E-state index in [1.54, 1.807) is 13.3 Å². The number of carbonyl (C=O) groups is 1. The van der Waals surface area contributed by atoms with Gasteiger partial charge in [0.25, 0.3) is 5.91 Å². The van der Waals surface area contributed by atoms with Gasteiger partial charge in [-0.15, -0.1) is 0 Å². The molecule has 0 spiro atoms. The van der Waals surface area contributed by atoms with Crippen LogP contribution in [0.25, 0.3) is 0 Å². The molecule has 2 aromatic carbocycles. The van der Waals surface area contributed by atoms with E-state index in [2.05, 4.69) is 10.3 Å². The van der Waals surface area contributed by atoms with Crippen LogP contribution >= 0.6 is 0 Å². The van der Waals surface area contributed by atoms with E-state index in [-0.39, 0.29) is 12.5 Å². The summed E-state index contributed by atoms with van der Waals surface area (Å²) in [5, 5.41) is 3.01. The van der Waals surface area contributed by atoms with E-state index in [9.17, 15) is 4.79 Å². The van der Waals surface area contributed by atoms with Crippen LogP contribution in [0.4, 0.5) is 0 Å². The Kier molecular flexibility index (Phi) is 5.76. The predicted molar refractivity (Wildman–Crippen MR) is 103 cm³/mol. The van der Waals surface area contributed by atoms with Gasteiger partial charge in [0.15, 0.2) is 6.61 Å². The molecule has 6 nitrogen and oxygen atoms in total. The first-order chi connectivity index (χ1) is 13.1. The first-order valence-electron chi connectivity index (χ1n) is 8.67. The van der Waals surface area contributed by atoms with Crippen LogP contribution in [-0.4, -0.2) is 29.2 Å². The molecular weight excluding hydrogens is 342 g/mol. The molecule has 140 valence electrons. The van der Waals surface area contributed by atoms with E-state index in [1.165, 1.54) is 0 Å². The third-order valence-electron chi connectivity index (χ3n) is 4.24. The Morgan fingerprint density at radius 1 is 1.19 bits per heavy atom. The maximum absolute atomic E-state index is 12.5. The molecule has 0 radical (unpaired) electrons. The summed E-state index contributed by atoms with van der Waals surface area (Å²) < 4.78 is 12.8. The Bertz CT molecular complexity index is 903. The van der Waals surface area contributed by atoms with E-state index in [0.29, 0.717) is 5.75 Å². The van der Waals surface area contributed by atoms with Crippen molar-refractivity contribution in [2.45, 2.75) is 13.0 Å². The average Bonchev–Trinajstić information content (AvgIpc) is 3.11. The number of nitrogens with one attached hydrogen (secondary N) is 1. The fraction of sp³-hybridized carbons (Fsp3) is 0.238. The molecule has 0 saturated heterocycles. The predicted octanol–water partition coefficient (Wildman–Crippen LogP) is 3.02. The summed E-state index contributed by atoms with van der Waals surface area (Å²) in [6.07, 6.45) is 3.55. The van der Waals surface area contributed by atoms with Crippen LogP contribution in [0, 0.1) is 6.92 Å². The standard InChI is InChI=1S/C21H23N3O3/c1-15-7-9-17(10-8-15)27-14-19(25)23-20(21-22-11-12-24(21)2)16-5-4-6-18(13-16)26-3/h4-13,20H,14H2,1-3H3,(H,23,25). The molecular formula is C21H23N3O3. The van der Waals surface area contributed by atoms with Crippen molar-refractivity contribution in [3.05, 3.63) is 77.9 Å². The largest absolute Gasteiger partial charge is 0.497 e. The van der Waals surface area contributed by atoms with Gasteiger partial charge < -0.3 is 19.4 Å². The molecule has 0 saturated carbocycles. The van der Waals surface area contributed by atoms with Crippen molar-refractivity contribution < 1.29 is 14.3 Å². The van der Waals surface area contributed by atoms with Crippen LogP contribution in [0.2, 0.25) is 0 Å². The molecule has 0 aliphatic carbocycles. The molecule has 0 fully saturated rings. The highest BCUT2D eigenvalue weighted by Crippen LogP contribution is 2.24. The van der Waals surface area contributed by atoms with Gasteiger partial charge in [-0.1, -0.05) is 29.8 Å². The lowest BCUT2D eigenvalue weighted by Crippen LogP contribution is -2.34. The molecule has 1 amide bonds. The van der Waals surface area contributed by atoms with E-state index in [0.717, 1.165) is 22.7 Å². The number of rotatable bonds is 7. The van der Waals surface area contributed by atoms with E-state index in [4.69, 9.17) is 9.47 Å². The van der Waals surface area contributed by atoms with E-state index >= 15 is 0 Å². The minimum atomic E-state index is -0.408. The van der Waals surface area contributed by atoms with Crippen LogP contribution in [0.3, 0.4) is 0 Å². The lowest BCUT2D eigenvalue weighted by atomic mass is 10.1. The number of hydrogen-bond acceptors (Lipinski definition) is 4. The lowest BCUT2D eigenvalue weighted by Gasteiger charge is -2.20. The van der Waals surface area contributed by atoms with Crippen LogP contribution in [0.15, 0.2) is 60.9 Å². The second-order valence-electron chi connectivity index (χ2n) is 6.28. The summed E-state index contributed by atoms with van der Waals surface area (Å²) in [5.74, 6) is 1.88. The third kappa shape index (κ3) is 4.67. The van der Waals surface area contributed by atoms with Gasteiger partial charge in [0, 0.05) is 19.4 Å². The smallest absolute Gasteiger partial charge is 0.258 e. The zero-order valence-corrected chi connectivity index (χ0v) is 15.7. The molecule has 6 heteroatoms. The van der Waals surface area contributed by atoms with Gasteiger partial charge in [-0.3, -0.25) is 4.79 Å². The number of hydrogen-bond donors (Lipinski definition) is 1. The van der Waals surface area contributed by atoms with Gasteiger partial charge in [0.05, 0.1) is 7.11 Å². The van der Waals surface area contributed by atoms with Crippen molar-refractivity contribution >= 4 is 5.91 Å². The topological polar surface area (TPSA) is 65.4 Å². The van der Waals surface area contributed by atoms with Gasteiger partial charge in [-0.2, -0.15) is 0 Å². The first kappa shape index (κ1) is 18.5. The number of amides is 1. The number of benzene rings is 2. The first-order valence-corrected chi connectivity index (χ1v) is 8.67. The van der Waals surface area contributed by atoms with Crippen LogP contribution < -0.4 is 14.8 Å². The van der Waals surface area contributed by atoms with Gasteiger partial charge >= 0.3 is 0 Å². The molecule has 27 heavy (non-hydrogen) atoms. The van der Waals surface area contributed by atoms with E-state index < -0.39 is 6.04 Å². The van der Waals surface area contributed by atoms with Crippen LogP contribution in [-0.2, 0) is 11.8 Å². The number of methoxy groups -OCH3 is 1. The van der Waals surface area contributed by atoms with Crippen molar-refractivity contribution in [1.82, 2.24) is 14.9 Å². The second-order valence-corrected chi connectivity index (χ2v) is 6.28. The van der Waals surface area contributed by atoms with Crippen LogP contribution in [0.5, 0.6) is 11.5 Å². The second kappa shape index (κ2) is 8.40. The summed E-state index contributed by atoms with van der Waals surface area (Å²) in [5.41, 5.74) is 2.02. The summed E-state index contributed by atoms with van der Waals surface area (Å²) in [6, 6.07) is 14.8. The molecule has 1 aromatic heterocycles. The monoisotopic (exact) mass is 365 g/mol. The minimum absolute atomic E-state index is 0.0754. The highest BCUT2D eigenvalue weighted by molar-refractivity contribution is 5.78. The Labute approximate surface area is 158 Å². The van der Waals surface area contributed by atoms with Crippen LogP contribution in [0.1, 0.15) is 23.0 Å². The van der Waals surface area contributed by atoms with Gasteiger partial charge in [0.2, 0.25) is 0 Å². The summed E-state index contributed by atoms with van der Waals surface area (Å²) in [7, 11) is 3.51. The third-order valence-corrected chi connectivity index (χ3v) is 4.24. The van der Waals surface area contributed by atoms with Gasteiger partial charge in [-0.05, 0) is 36.8 Å². The molecule has 1 atom stereocenters. The van der Waals surface area contributed by atoms with Crippen molar-refractivity contribution in [3.8, 4) is 11.5 Å². The lowest BCUT2D eigenvalue weighted by molar-refractivity contribution is -0.123. The van der Waals surface area contributed by atoms with Crippen molar-refractivity contribution in [2.75, 3.05) is 13.7 Å².